The quantitative estimate of drug-likeness (QED) is 0.795. The molecule has 27 heavy (non-hydrogen) atoms. The Morgan fingerprint density at radius 3 is 2.52 bits per heavy atom. The smallest absolute Gasteiger partial charge is 0.250 e. The van der Waals surface area contributed by atoms with Crippen LogP contribution in [0.15, 0.2) is 18.2 Å². The lowest BCUT2D eigenvalue weighted by atomic mass is 9.76. The van der Waals surface area contributed by atoms with Gasteiger partial charge in [0, 0.05) is 23.3 Å². The van der Waals surface area contributed by atoms with E-state index in [0.29, 0.717) is 17.7 Å². The third kappa shape index (κ3) is 2.18. The number of rotatable bonds is 3. The summed E-state index contributed by atoms with van der Waals surface area (Å²) in [6.07, 6.45) is 0.640. The first-order valence-corrected chi connectivity index (χ1v) is 9.50. The molecule has 4 rings (SSSR count). The molecule has 2 saturated heterocycles. The molecule has 0 bridgehead atoms. The fourth-order valence-electron chi connectivity index (χ4n) is 4.92. The largest absolute Gasteiger partial charge is 0.324 e. The molecule has 3 heterocycles. The number of imide groups is 1. The van der Waals surface area contributed by atoms with Crippen molar-refractivity contribution in [3.63, 3.8) is 0 Å². The average molecular weight is 373 g/mol. The molecule has 0 aliphatic carbocycles. The fourth-order valence-corrected chi connectivity index (χ4v) is 4.92. The Hall–Kier alpha value is -2.28. The molecule has 0 saturated carbocycles. The number of carbonyl (C=O) groups excluding carboxylic acids is 3. The predicted molar refractivity (Wildman–Crippen MR) is 97.1 cm³/mol. The van der Waals surface area contributed by atoms with Gasteiger partial charge in [-0.1, -0.05) is 20.8 Å². The monoisotopic (exact) mass is 373 g/mol. The number of hydrogen-bond donors (Lipinski definition) is 2. The zero-order valence-corrected chi connectivity index (χ0v) is 15.9. The molecule has 7 heteroatoms. The molecule has 2 N–H and O–H groups in total. The van der Waals surface area contributed by atoms with Crippen molar-refractivity contribution in [1.29, 1.82) is 0 Å². The minimum absolute atomic E-state index is 0.0240. The van der Waals surface area contributed by atoms with Crippen LogP contribution in [0.5, 0.6) is 0 Å². The van der Waals surface area contributed by atoms with Crippen LogP contribution in [-0.2, 0) is 19.9 Å². The molecule has 6 nitrogen and oxygen atoms in total. The average Bonchev–Trinajstić information content (AvgIpc) is 3.20. The topological polar surface area (TPSA) is 78.5 Å². The van der Waals surface area contributed by atoms with E-state index in [-0.39, 0.29) is 29.8 Å². The van der Waals surface area contributed by atoms with Gasteiger partial charge in [-0.25, -0.2) is 4.39 Å². The lowest BCUT2D eigenvalue weighted by Gasteiger charge is -2.31. The number of benzene rings is 1. The van der Waals surface area contributed by atoms with E-state index in [1.165, 1.54) is 23.1 Å². The lowest BCUT2D eigenvalue weighted by Crippen LogP contribution is -2.54. The number of carbonyl (C=O) groups is 3. The van der Waals surface area contributed by atoms with Gasteiger partial charge in [0.1, 0.15) is 11.4 Å². The van der Waals surface area contributed by atoms with E-state index in [4.69, 9.17) is 0 Å². The molecule has 144 valence electrons. The molecule has 3 unspecified atom stereocenters. The number of fused-ring (bicyclic) bond motifs is 4. The summed E-state index contributed by atoms with van der Waals surface area (Å²) in [5.74, 6) is -2.93. The number of halogens is 1. The Labute approximate surface area is 157 Å². The van der Waals surface area contributed by atoms with Crippen molar-refractivity contribution in [1.82, 2.24) is 10.2 Å². The van der Waals surface area contributed by atoms with Crippen molar-refractivity contribution >= 4 is 23.4 Å². The maximum absolute atomic E-state index is 14.0. The maximum Gasteiger partial charge on any atom is 0.250 e. The summed E-state index contributed by atoms with van der Waals surface area (Å²) in [7, 11) is 0. The minimum atomic E-state index is -1.41. The zero-order chi connectivity index (χ0) is 19.7. The molecule has 3 aliphatic rings. The second-order valence-electron chi connectivity index (χ2n) is 8.17. The van der Waals surface area contributed by atoms with Crippen molar-refractivity contribution in [3.05, 3.63) is 29.6 Å². The number of nitrogens with zero attached hydrogens (tertiary/aromatic N) is 1. The highest BCUT2D eigenvalue weighted by molar-refractivity contribution is 6.15. The molecule has 0 radical (unpaired) electrons. The third-order valence-electron chi connectivity index (χ3n) is 6.40. The number of anilines is 1. The van der Waals surface area contributed by atoms with Gasteiger partial charge < -0.3 is 5.32 Å². The van der Waals surface area contributed by atoms with Gasteiger partial charge in [-0.05, 0) is 37.5 Å². The van der Waals surface area contributed by atoms with Crippen LogP contribution in [0.1, 0.15) is 39.7 Å². The van der Waals surface area contributed by atoms with Gasteiger partial charge in [-0.3, -0.25) is 24.6 Å². The van der Waals surface area contributed by atoms with E-state index < -0.39 is 29.1 Å². The van der Waals surface area contributed by atoms with Crippen molar-refractivity contribution in [2.45, 2.75) is 51.7 Å². The van der Waals surface area contributed by atoms with Gasteiger partial charge in [0.05, 0.1) is 11.8 Å². The SMILES string of the molecule is CCC(C)N1C(=O)[C@H]2C(C(C)C)NC3(C(=O)Nc4ccc(F)cc43)[C@H]2C1=O. The number of amides is 3. The first-order chi connectivity index (χ1) is 12.7. The summed E-state index contributed by atoms with van der Waals surface area (Å²) in [6.45, 7) is 7.66. The predicted octanol–water partition coefficient (Wildman–Crippen LogP) is 2.00. The molecule has 3 aliphatic heterocycles. The molecule has 1 spiro atoms. The van der Waals surface area contributed by atoms with Crippen molar-refractivity contribution in [2.75, 3.05) is 5.32 Å². The molecule has 5 atom stereocenters. The normalized spacial score (nSPS) is 33.0. The number of hydrogen-bond acceptors (Lipinski definition) is 4. The molecular formula is C20H24FN3O3. The third-order valence-corrected chi connectivity index (χ3v) is 6.40. The Kier molecular flexibility index (Phi) is 3.93. The molecule has 0 aromatic heterocycles. The van der Waals surface area contributed by atoms with Gasteiger partial charge in [-0.2, -0.15) is 0 Å². The summed E-state index contributed by atoms with van der Waals surface area (Å²) in [4.78, 5) is 41.0. The van der Waals surface area contributed by atoms with E-state index in [9.17, 15) is 18.8 Å². The van der Waals surface area contributed by atoms with Gasteiger partial charge in [0.15, 0.2) is 0 Å². The van der Waals surface area contributed by atoms with E-state index >= 15 is 0 Å². The van der Waals surface area contributed by atoms with Crippen molar-refractivity contribution in [3.8, 4) is 0 Å². The molecule has 3 amide bonds. The van der Waals surface area contributed by atoms with Crippen LogP contribution in [0, 0.1) is 23.6 Å². The van der Waals surface area contributed by atoms with Gasteiger partial charge >= 0.3 is 0 Å². The highest BCUT2D eigenvalue weighted by Gasteiger charge is 2.71. The highest BCUT2D eigenvalue weighted by atomic mass is 19.1. The van der Waals surface area contributed by atoms with Crippen LogP contribution in [-0.4, -0.2) is 34.7 Å². The summed E-state index contributed by atoms with van der Waals surface area (Å²) >= 11 is 0. The van der Waals surface area contributed by atoms with Gasteiger partial charge in [0.2, 0.25) is 17.7 Å². The summed E-state index contributed by atoms with van der Waals surface area (Å²) in [5.41, 5.74) is -0.511. The molecule has 1 aromatic rings. The lowest BCUT2D eigenvalue weighted by molar-refractivity contribution is -0.145. The van der Waals surface area contributed by atoms with E-state index in [2.05, 4.69) is 10.6 Å². The van der Waals surface area contributed by atoms with E-state index in [1.807, 2.05) is 27.7 Å². The summed E-state index contributed by atoms with van der Waals surface area (Å²) in [5, 5.41) is 6.07. The zero-order valence-electron chi connectivity index (χ0n) is 15.9. The second-order valence-corrected chi connectivity index (χ2v) is 8.17. The summed E-state index contributed by atoms with van der Waals surface area (Å²) < 4.78 is 14.0. The van der Waals surface area contributed by atoms with Gasteiger partial charge in [-0.15, -0.1) is 0 Å². The summed E-state index contributed by atoms with van der Waals surface area (Å²) in [6, 6.07) is 3.49. The van der Waals surface area contributed by atoms with Crippen LogP contribution in [0.3, 0.4) is 0 Å². The van der Waals surface area contributed by atoms with E-state index in [1.54, 1.807) is 0 Å². The Morgan fingerprint density at radius 1 is 1.19 bits per heavy atom. The molecule has 1 aromatic carbocycles. The molecule has 2 fully saturated rings. The second kappa shape index (κ2) is 5.86. The van der Waals surface area contributed by atoms with Crippen LogP contribution in [0.25, 0.3) is 0 Å². The maximum atomic E-state index is 14.0. The standard InChI is InChI=1S/C20H24FN3O3/c1-5-10(4)24-17(25)14-15(18(24)26)20(23-16(14)9(2)3)12-8-11(21)6-7-13(12)22-19(20)27/h6-10,14-16,23H,5H2,1-4H3,(H,22,27)/t10?,14-,15-,16?,20?/m1/s1. The Balaban J connectivity index is 1.92. The number of likely N-dealkylation sites (tertiary alicyclic amines) is 1. The van der Waals surface area contributed by atoms with Crippen LogP contribution in [0.4, 0.5) is 10.1 Å². The van der Waals surface area contributed by atoms with E-state index in [0.717, 1.165) is 0 Å². The van der Waals surface area contributed by atoms with Gasteiger partial charge in [0.25, 0.3) is 0 Å². The van der Waals surface area contributed by atoms with Crippen LogP contribution in [0.2, 0.25) is 0 Å². The number of nitrogens with one attached hydrogen (secondary N) is 2. The van der Waals surface area contributed by atoms with Crippen LogP contribution >= 0.6 is 0 Å². The molecular weight excluding hydrogens is 349 g/mol. The Morgan fingerprint density at radius 2 is 1.89 bits per heavy atom. The first-order valence-electron chi connectivity index (χ1n) is 9.50. The minimum Gasteiger partial charge on any atom is -0.324 e. The Bertz CT molecular complexity index is 855. The van der Waals surface area contributed by atoms with Crippen LogP contribution < -0.4 is 10.6 Å². The van der Waals surface area contributed by atoms with Crippen molar-refractivity contribution in [2.24, 2.45) is 17.8 Å². The highest BCUT2D eigenvalue weighted by Crippen LogP contribution is 2.54. The first kappa shape index (κ1) is 18.1. The fraction of sp³-hybridized carbons (Fsp3) is 0.550. The van der Waals surface area contributed by atoms with Crippen molar-refractivity contribution < 1.29 is 18.8 Å².